The molecular formula is C25H17ClN2O4. The summed E-state index contributed by atoms with van der Waals surface area (Å²) in [7, 11) is 0. The van der Waals surface area contributed by atoms with E-state index in [0.29, 0.717) is 10.7 Å². The number of anilines is 1. The van der Waals surface area contributed by atoms with Crippen molar-refractivity contribution in [3.05, 3.63) is 95.0 Å². The third-order valence-electron chi connectivity index (χ3n) is 6.58. The molecule has 3 aliphatic heterocycles. The van der Waals surface area contributed by atoms with E-state index in [-0.39, 0.29) is 23.4 Å². The fraction of sp³-hybridized carbons (Fsp3) is 0.160. The van der Waals surface area contributed by atoms with Crippen molar-refractivity contribution in [2.75, 3.05) is 4.90 Å². The molecule has 2 fully saturated rings. The molecule has 2 aromatic carbocycles. The normalized spacial score (nSPS) is 25.7. The van der Waals surface area contributed by atoms with E-state index in [1.165, 1.54) is 11.2 Å². The number of hydrogen-bond acceptors (Lipinski definition) is 5. The first-order valence-corrected chi connectivity index (χ1v) is 10.7. The average Bonchev–Trinajstić information content (AvgIpc) is 3.51. The lowest BCUT2D eigenvalue weighted by atomic mass is 9.84. The van der Waals surface area contributed by atoms with E-state index in [0.717, 1.165) is 11.1 Å². The largest absolute Gasteiger partial charge is 0.461 e. The summed E-state index contributed by atoms with van der Waals surface area (Å²) >= 11 is 6.00. The van der Waals surface area contributed by atoms with Crippen LogP contribution >= 0.6 is 11.6 Å². The molecule has 0 aliphatic carbocycles. The molecule has 0 saturated carbocycles. The number of rotatable bonds is 3. The smallest absolute Gasteiger partial charge is 0.240 e. The zero-order valence-corrected chi connectivity index (χ0v) is 17.5. The molecule has 4 atom stereocenters. The van der Waals surface area contributed by atoms with Gasteiger partial charge in [0.1, 0.15) is 6.04 Å². The van der Waals surface area contributed by atoms with Crippen molar-refractivity contribution in [3.8, 4) is 0 Å². The number of Topliss-reactive ketones (excluding diaryl/α,β-unsaturated/α-hetero) is 1. The molecule has 0 bridgehead atoms. The van der Waals surface area contributed by atoms with Gasteiger partial charge in [0.2, 0.25) is 17.6 Å². The Morgan fingerprint density at radius 3 is 2.41 bits per heavy atom. The molecule has 6 rings (SSSR count). The molecular weight excluding hydrogens is 428 g/mol. The third-order valence-corrected chi connectivity index (χ3v) is 6.83. The first-order chi connectivity index (χ1) is 15.6. The van der Waals surface area contributed by atoms with Gasteiger partial charge < -0.3 is 9.32 Å². The van der Waals surface area contributed by atoms with E-state index in [1.54, 1.807) is 36.4 Å². The minimum atomic E-state index is -0.838. The van der Waals surface area contributed by atoms with Crippen LogP contribution in [0.4, 0.5) is 5.69 Å². The van der Waals surface area contributed by atoms with Gasteiger partial charge in [0, 0.05) is 11.2 Å². The number of ketones is 1. The van der Waals surface area contributed by atoms with Crippen LogP contribution < -0.4 is 4.90 Å². The summed E-state index contributed by atoms with van der Waals surface area (Å²) in [6.45, 7) is 0. The van der Waals surface area contributed by atoms with Crippen LogP contribution in [0.1, 0.15) is 27.7 Å². The molecule has 4 heterocycles. The molecule has 0 unspecified atom stereocenters. The van der Waals surface area contributed by atoms with Crippen LogP contribution in [0.25, 0.3) is 6.08 Å². The van der Waals surface area contributed by atoms with E-state index in [2.05, 4.69) is 0 Å². The molecule has 1 aromatic heterocycles. The third kappa shape index (κ3) is 2.56. The minimum absolute atomic E-state index is 0.173. The second-order valence-electron chi connectivity index (χ2n) is 8.16. The summed E-state index contributed by atoms with van der Waals surface area (Å²) in [6, 6.07) is 16.3. The molecule has 0 N–H and O–H groups in total. The van der Waals surface area contributed by atoms with Crippen molar-refractivity contribution < 1.29 is 18.8 Å². The average molecular weight is 445 g/mol. The number of nitrogens with zero attached hydrogens (tertiary/aromatic N) is 2. The van der Waals surface area contributed by atoms with Crippen LogP contribution in [0.3, 0.4) is 0 Å². The molecule has 0 radical (unpaired) electrons. The van der Waals surface area contributed by atoms with E-state index in [4.69, 9.17) is 16.0 Å². The predicted molar refractivity (Wildman–Crippen MR) is 118 cm³/mol. The topological polar surface area (TPSA) is 70.8 Å². The van der Waals surface area contributed by atoms with Crippen LogP contribution in [0.2, 0.25) is 5.02 Å². The maximum atomic E-state index is 13.7. The van der Waals surface area contributed by atoms with Gasteiger partial charge >= 0.3 is 0 Å². The zero-order valence-electron chi connectivity index (χ0n) is 16.7. The minimum Gasteiger partial charge on any atom is -0.461 e. The highest BCUT2D eigenvalue weighted by molar-refractivity contribution is 6.31. The highest BCUT2D eigenvalue weighted by Gasteiger charge is 2.64. The number of halogens is 1. The van der Waals surface area contributed by atoms with Gasteiger partial charge in [0.05, 0.1) is 29.8 Å². The van der Waals surface area contributed by atoms with Gasteiger partial charge in [-0.2, -0.15) is 0 Å². The lowest BCUT2D eigenvalue weighted by Gasteiger charge is -2.35. The van der Waals surface area contributed by atoms with Crippen molar-refractivity contribution in [2.24, 2.45) is 11.8 Å². The van der Waals surface area contributed by atoms with Gasteiger partial charge in [-0.05, 0) is 53.6 Å². The molecule has 3 aliphatic rings. The van der Waals surface area contributed by atoms with Crippen LogP contribution in [0, 0.1) is 11.8 Å². The highest BCUT2D eigenvalue weighted by Crippen LogP contribution is 2.53. The van der Waals surface area contributed by atoms with Gasteiger partial charge in [-0.15, -0.1) is 0 Å². The fourth-order valence-electron chi connectivity index (χ4n) is 5.27. The number of imide groups is 1. The Bertz CT molecular complexity index is 1280. The highest BCUT2D eigenvalue weighted by atomic mass is 35.5. The molecule has 2 amide bonds. The fourth-order valence-corrected chi connectivity index (χ4v) is 5.39. The predicted octanol–water partition coefficient (Wildman–Crippen LogP) is 4.33. The Morgan fingerprint density at radius 1 is 0.906 bits per heavy atom. The Kier molecular flexibility index (Phi) is 4.13. The lowest BCUT2D eigenvalue weighted by Crippen LogP contribution is -2.44. The Labute approximate surface area is 188 Å². The van der Waals surface area contributed by atoms with Gasteiger partial charge in [-0.3, -0.25) is 14.4 Å². The van der Waals surface area contributed by atoms with Crippen LogP contribution in [0.15, 0.2) is 77.5 Å². The van der Waals surface area contributed by atoms with Crippen molar-refractivity contribution in [3.63, 3.8) is 0 Å². The van der Waals surface area contributed by atoms with E-state index >= 15 is 0 Å². The van der Waals surface area contributed by atoms with E-state index in [9.17, 15) is 14.4 Å². The summed E-state index contributed by atoms with van der Waals surface area (Å²) in [5.74, 6) is -2.34. The molecule has 32 heavy (non-hydrogen) atoms. The van der Waals surface area contributed by atoms with Crippen molar-refractivity contribution in [1.29, 1.82) is 0 Å². The van der Waals surface area contributed by atoms with Gasteiger partial charge in [-0.1, -0.05) is 35.9 Å². The second-order valence-corrected chi connectivity index (χ2v) is 8.60. The number of amides is 2. The molecule has 158 valence electrons. The number of fused-ring (bicyclic) bond motifs is 5. The molecule has 2 saturated heterocycles. The van der Waals surface area contributed by atoms with Crippen LogP contribution in [-0.4, -0.2) is 28.5 Å². The molecule has 0 spiro atoms. The zero-order chi connectivity index (χ0) is 22.0. The Morgan fingerprint density at radius 2 is 1.66 bits per heavy atom. The Hall–Kier alpha value is -3.64. The molecule has 7 heteroatoms. The number of hydrogen-bond donors (Lipinski definition) is 0. The number of benzene rings is 2. The SMILES string of the molecule is O=C(c1ccco1)[C@@H]1[C@@H]2C(=O)N(c3ccc(Cl)cc3)C(=O)[C@@H]2[C@H]2c3ccccc3C=CN12. The summed E-state index contributed by atoms with van der Waals surface area (Å²) in [5.41, 5.74) is 2.36. The van der Waals surface area contributed by atoms with Gasteiger partial charge in [-0.25, -0.2) is 4.90 Å². The van der Waals surface area contributed by atoms with Crippen molar-refractivity contribution in [2.45, 2.75) is 12.1 Å². The maximum Gasteiger partial charge on any atom is 0.240 e. The number of carbonyl (C=O) groups is 3. The first-order valence-electron chi connectivity index (χ1n) is 10.3. The van der Waals surface area contributed by atoms with Gasteiger partial charge in [0.25, 0.3) is 0 Å². The van der Waals surface area contributed by atoms with E-state index in [1.807, 2.05) is 41.4 Å². The van der Waals surface area contributed by atoms with Crippen LogP contribution in [0.5, 0.6) is 0 Å². The Balaban J connectivity index is 1.50. The van der Waals surface area contributed by atoms with E-state index < -0.39 is 23.9 Å². The first kappa shape index (κ1) is 19.1. The number of furan rings is 1. The summed E-state index contributed by atoms with van der Waals surface area (Å²) in [6.07, 6.45) is 5.17. The second kappa shape index (κ2) is 6.93. The molecule has 6 nitrogen and oxygen atoms in total. The maximum absolute atomic E-state index is 13.7. The van der Waals surface area contributed by atoms with Crippen molar-refractivity contribution >= 4 is 41.0 Å². The van der Waals surface area contributed by atoms with Gasteiger partial charge in [0.15, 0.2) is 5.76 Å². The van der Waals surface area contributed by atoms with Crippen molar-refractivity contribution in [1.82, 2.24) is 4.90 Å². The van der Waals surface area contributed by atoms with Crippen LogP contribution in [-0.2, 0) is 9.59 Å². The molecule has 3 aromatic rings. The monoisotopic (exact) mass is 444 g/mol. The summed E-state index contributed by atoms with van der Waals surface area (Å²) in [5, 5.41) is 0.511. The number of carbonyl (C=O) groups excluding carboxylic acids is 3. The summed E-state index contributed by atoms with van der Waals surface area (Å²) < 4.78 is 5.37. The lowest BCUT2D eigenvalue weighted by molar-refractivity contribution is -0.123. The standard InChI is InChI=1S/C25H17ClN2O4/c26-15-7-9-16(10-8-15)28-24(30)19-20(25(28)31)22(23(29)18-6-3-13-32-18)27-12-11-14-4-1-2-5-17(14)21(19)27/h1-13,19-22H/t19-,20+,21+,22-/m0/s1. The summed E-state index contributed by atoms with van der Waals surface area (Å²) in [4.78, 5) is 43.9. The quantitative estimate of drug-likeness (QED) is 0.444.